The van der Waals surface area contributed by atoms with Crippen molar-refractivity contribution in [2.24, 2.45) is 0 Å². The molecule has 5 heteroatoms. The predicted octanol–water partition coefficient (Wildman–Crippen LogP) is 3.00. The molecule has 120 valence electrons. The van der Waals surface area contributed by atoms with E-state index in [1.807, 2.05) is 26.0 Å². The minimum atomic E-state index is -3.41. The van der Waals surface area contributed by atoms with Crippen LogP contribution in [0.25, 0.3) is 0 Å². The van der Waals surface area contributed by atoms with E-state index < -0.39 is 10.0 Å². The zero-order valence-corrected chi connectivity index (χ0v) is 14.4. The van der Waals surface area contributed by atoms with E-state index in [-0.39, 0.29) is 0 Å². The Labute approximate surface area is 129 Å². The number of nitrogens with one attached hydrogen (secondary N) is 1. The van der Waals surface area contributed by atoms with Gasteiger partial charge >= 0.3 is 0 Å². The lowest BCUT2D eigenvalue weighted by Gasteiger charge is -2.23. The number of sulfonamides is 1. The van der Waals surface area contributed by atoms with Crippen molar-refractivity contribution >= 4 is 10.0 Å². The summed E-state index contributed by atoms with van der Waals surface area (Å²) >= 11 is 0. The van der Waals surface area contributed by atoms with E-state index in [9.17, 15) is 8.42 Å². The highest BCUT2D eigenvalue weighted by atomic mass is 32.2. The molecule has 0 aliphatic rings. The summed E-state index contributed by atoms with van der Waals surface area (Å²) in [7, 11) is -3.41. The van der Waals surface area contributed by atoms with E-state index in [1.165, 1.54) is 0 Å². The third kappa shape index (κ3) is 5.09. The van der Waals surface area contributed by atoms with Crippen molar-refractivity contribution in [3.63, 3.8) is 0 Å². The Morgan fingerprint density at radius 2 is 1.67 bits per heavy atom. The van der Waals surface area contributed by atoms with Gasteiger partial charge in [-0.2, -0.15) is 4.31 Å². The molecule has 1 N–H and O–H groups in total. The topological polar surface area (TPSA) is 49.4 Å². The highest BCUT2D eigenvalue weighted by molar-refractivity contribution is 7.89. The third-order valence-corrected chi connectivity index (χ3v) is 5.24. The highest BCUT2D eigenvalue weighted by Gasteiger charge is 2.25. The SMILES string of the molecule is CCCN(CCC)S(=O)(=O)c1ccccc1CNC(C)C. The molecule has 0 bridgehead atoms. The lowest BCUT2D eigenvalue weighted by Crippen LogP contribution is -2.33. The molecule has 21 heavy (non-hydrogen) atoms. The van der Waals surface area contributed by atoms with Gasteiger partial charge in [-0.1, -0.05) is 45.9 Å². The fourth-order valence-electron chi connectivity index (χ4n) is 2.21. The minimum Gasteiger partial charge on any atom is -0.310 e. The quantitative estimate of drug-likeness (QED) is 0.762. The van der Waals surface area contributed by atoms with Crippen LogP contribution in [0.3, 0.4) is 0 Å². The Kier molecular flexibility index (Phi) is 7.35. The van der Waals surface area contributed by atoms with Crippen LogP contribution in [-0.2, 0) is 16.6 Å². The molecular formula is C16H28N2O2S. The second kappa shape index (κ2) is 8.51. The van der Waals surface area contributed by atoms with Gasteiger partial charge in [-0.3, -0.25) is 0 Å². The number of nitrogens with zero attached hydrogens (tertiary/aromatic N) is 1. The zero-order valence-electron chi connectivity index (χ0n) is 13.6. The number of hydrogen-bond donors (Lipinski definition) is 1. The van der Waals surface area contributed by atoms with Gasteiger partial charge in [0.25, 0.3) is 0 Å². The van der Waals surface area contributed by atoms with Crippen LogP contribution in [0, 0.1) is 0 Å². The van der Waals surface area contributed by atoms with Crippen molar-refractivity contribution in [2.75, 3.05) is 13.1 Å². The van der Waals surface area contributed by atoms with Crippen molar-refractivity contribution in [1.82, 2.24) is 9.62 Å². The van der Waals surface area contributed by atoms with Crippen LogP contribution in [-0.4, -0.2) is 31.9 Å². The van der Waals surface area contributed by atoms with Crippen LogP contribution in [0.5, 0.6) is 0 Å². The minimum absolute atomic E-state index is 0.322. The first-order chi connectivity index (χ1) is 9.93. The van der Waals surface area contributed by atoms with E-state index >= 15 is 0 Å². The third-order valence-electron chi connectivity index (χ3n) is 3.24. The van der Waals surface area contributed by atoms with Gasteiger partial charge in [-0.15, -0.1) is 0 Å². The molecular weight excluding hydrogens is 284 g/mol. The van der Waals surface area contributed by atoms with Gasteiger partial charge in [0, 0.05) is 25.7 Å². The van der Waals surface area contributed by atoms with E-state index in [2.05, 4.69) is 19.2 Å². The fourth-order valence-corrected chi connectivity index (χ4v) is 4.05. The highest BCUT2D eigenvalue weighted by Crippen LogP contribution is 2.21. The number of rotatable bonds is 9. The van der Waals surface area contributed by atoms with E-state index in [1.54, 1.807) is 16.4 Å². The molecule has 0 saturated carbocycles. The molecule has 1 aromatic carbocycles. The van der Waals surface area contributed by atoms with Crippen LogP contribution in [0.4, 0.5) is 0 Å². The molecule has 4 nitrogen and oxygen atoms in total. The fraction of sp³-hybridized carbons (Fsp3) is 0.625. The average molecular weight is 312 g/mol. The van der Waals surface area contributed by atoms with E-state index in [4.69, 9.17) is 0 Å². The Morgan fingerprint density at radius 1 is 1.10 bits per heavy atom. The van der Waals surface area contributed by atoms with Gasteiger partial charge in [0.15, 0.2) is 0 Å². The van der Waals surface area contributed by atoms with Crippen molar-refractivity contribution in [2.45, 2.75) is 58.0 Å². The van der Waals surface area contributed by atoms with Gasteiger partial charge in [0.1, 0.15) is 0 Å². The molecule has 0 aromatic heterocycles. The molecule has 0 aliphatic heterocycles. The largest absolute Gasteiger partial charge is 0.310 e. The molecule has 0 amide bonds. The summed E-state index contributed by atoms with van der Waals surface area (Å²) in [5, 5.41) is 3.29. The summed E-state index contributed by atoms with van der Waals surface area (Å²) in [4.78, 5) is 0.431. The Morgan fingerprint density at radius 3 is 2.19 bits per heavy atom. The maximum absolute atomic E-state index is 12.9. The van der Waals surface area contributed by atoms with Crippen molar-refractivity contribution in [3.8, 4) is 0 Å². The molecule has 0 unspecified atom stereocenters. The van der Waals surface area contributed by atoms with Crippen LogP contribution in [0.1, 0.15) is 46.1 Å². The molecule has 0 atom stereocenters. The summed E-state index contributed by atoms with van der Waals surface area (Å²) in [6.07, 6.45) is 1.65. The molecule has 0 spiro atoms. The molecule has 0 fully saturated rings. The smallest absolute Gasteiger partial charge is 0.243 e. The lowest BCUT2D eigenvalue weighted by molar-refractivity contribution is 0.409. The lowest BCUT2D eigenvalue weighted by atomic mass is 10.2. The summed E-state index contributed by atoms with van der Waals surface area (Å²) in [6.45, 7) is 9.83. The normalized spacial score (nSPS) is 12.3. The first kappa shape index (κ1) is 18.1. The second-order valence-corrected chi connectivity index (χ2v) is 7.45. The Hall–Kier alpha value is -0.910. The van der Waals surface area contributed by atoms with Gasteiger partial charge in [0.2, 0.25) is 10.0 Å². The summed E-state index contributed by atoms with van der Waals surface area (Å²) in [6, 6.07) is 7.61. The standard InChI is InChI=1S/C16H28N2O2S/c1-5-11-18(12-6-2)21(19,20)16-10-8-7-9-15(16)13-17-14(3)4/h7-10,14,17H,5-6,11-13H2,1-4H3. The van der Waals surface area contributed by atoms with Gasteiger partial charge in [-0.05, 0) is 24.5 Å². The number of benzene rings is 1. The van der Waals surface area contributed by atoms with Crippen LogP contribution < -0.4 is 5.32 Å². The Balaban J connectivity index is 3.11. The number of hydrogen-bond acceptors (Lipinski definition) is 3. The maximum Gasteiger partial charge on any atom is 0.243 e. The van der Waals surface area contributed by atoms with Crippen LogP contribution in [0.15, 0.2) is 29.2 Å². The zero-order chi connectivity index (χ0) is 15.9. The molecule has 0 aliphatic carbocycles. The summed E-state index contributed by atoms with van der Waals surface area (Å²) in [5.41, 5.74) is 0.836. The average Bonchev–Trinajstić information content (AvgIpc) is 2.45. The van der Waals surface area contributed by atoms with Crippen molar-refractivity contribution < 1.29 is 8.42 Å². The van der Waals surface area contributed by atoms with Crippen LogP contribution >= 0.6 is 0 Å². The second-order valence-electron chi connectivity index (χ2n) is 5.55. The molecule has 0 radical (unpaired) electrons. The molecule has 0 heterocycles. The summed E-state index contributed by atoms with van der Waals surface area (Å²) < 4.78 is 27.4. The predicted molar refractivity (Wildman–Crippen MR) is 87.8 cm³/mol. The molecule has 1 rings (SSSR count). The van der Waals surface area contributed by atoms with Crippen molar-refractivity contribution in [1.29, 1.82) is 0 Å². The first-order valence-electron chi connectivity index (χ1n) is 7.74. The van der Waals surface area contributed by atoms with Crippen molar-refractivity contribution in [3.05, 3.63) is 29.8 Å². The van der Waals surface area contributed by atoms with Gasteiger partial charge in [0.05, 0.1) is 4.90 Å². The maximum atomic E-state index is 12.9. The molecule has 1 aromatic rings. The van der Waals surface area contributed by atoms with E-state index in [0.717, 1.165) is 18.4 Å². The first-order valence-corrected chi connectivity index (χ1v) is 9.18. The van der Waals surface area contributed by atoms with E-state index in [0.29, 0.717) is 30.6 Å². The molecule has 0 saturated heterocycles. The van der Waals surface area contributed by atoms with Gasteiger partial charge < -0.3 is 5.32 Å². The monoisotopic (exact) mass is 312 g/mol. The Bertz CT molecular complexity index is 521. The van der Waals surface area contributed by atoms with Gasteiger partial charge in [-0.25, -0.2) is 8.42 Å². The summed E-state index contributed by atoms with van der Waals surface area (Å²) in [5.74, 6) is 0. The van der Waals surface area contributed by atoms with Crippen LogP contribution in [0.2, 0.25) is 0 Å².